The maximum absolute atomic E-state index is 12.7. The monoisotopic (exact) mass is 400 g/mol. The molecule has 0 unspecified atom stereocenters. The Morgan fingerprint density at radius 3 is 2.17 bits per heavy atom. The van der Waals surface area contributed by atoms with Crippen molar-refractivity contribution in [2.75, 3.05) is 23.3 Å². The van der Waals surface area contributed by atoms with Crippen molar-refractivity contribution in [1.82, 2.24) is 0 Å². The number of aliphatic hydroxyl groups excluding tert-OH is 1. The zero-order valence-corrected chi connectivity index (χ0v) is 16.6. The number of carbonyl (C=O) groups is 2. The first-order valence-electron chi connectivity index (χ1n) is 10.1. The highest BCUT2D eigenvalue weighted by Crippen LogP contribution is 2.21. The zero-order valence-electron chi connectivity index (χ0n) is 16.6. The first-order valence-corrected chi connectivity index (χ1v) is 10.1. The Morgan fingerprint density at radius 2 is 1.47 bits per heavy atom. The van der Waals surface area contributed by atoms with E-state index in [1.54, 1.807) is 48.5 Å². The zero-order chi connectivity index (χ0) is 20.9. The number of benzene rings is 3. The van der Waals surface area contributed by atoms with Gasteiger partial charge in [-0.15, -0.1) is 0 Å². The van der Waals surface area contributed by atoms with Crippen LogP contribution in [0.5, 0.6) is 0 Å². The summed E-state index contributed by atoms with van der Waals surface area (Å²) in [5.41, 5.74) is 3.32. The lowest BCUT2D eigenvalue weighted by Gasteiger charge is -2.31. The molecule has 0 bridgehead atoms. The lowest BCUT2D eigenvalue weighted by atomic mass is 10.0. The minimum atomic E-state index is -0.222. The van der Waals surface area contributed by atoms with E-state index in [-0.39, 0.29) is 17.8 Å². The van der Waals surface area contributed by atoms with E-state index in [0.29, 0.717) is 22.4 Å². The molecule has 1 aliphatic heterocycles. The van der Waals surface area contributed by atoms with Crippen LogP contribution < -0.4 is 10.2 Å². The fourth-order valence-electron chi connectivity index (χ4n) is 3.65. The van der Waals surface area contributed by atoms with E-state index in [1.165, 1.54) is 0 Å². The molecule has 4 rings (SSSR count). The van der Waals surface area contributed by atoms with Crippen molar-refractivity contribution in [1.29, 1.82) is 0 Å². The number of piperidine rings is 1. The van der Waals surface area contributed by atoms with Gasteiger partial charge in [-0.2, -0.15) is 0 Å². The first-order chi connectivity index (χ1) is 14.6. The molecule has 0 radical (unpaired) electrons. The van der Waals surface area contributed by atoms with Crippen LogP contribution in [0.25, 0.3) is 0 Å². The molecule has 1 aliphatic rings. The summed E-state index contributed by atoms with van der Waals surface area (Å²) in [6, 6.07) is 23.5. The standard InChI is InChI=1S/C25H24N2O3/c28-23-13-15-27(16-14-23)22-11-9-19(10-12-22)25(30)26-21-8-4-7-20(17-21)24(29)18-5-2-1-3-6-18/h1-12,17,23,28H,13-16H2,(H,26,30). The molecule has 1 heterocycles. The smallest absolute Gasteiger partial charge is 0.255 e. The molecule has 3 aromatic carbocycles. The third-order valence-corrected chi connectivity index (χ3v) is 5.38. The van der Waals surface area contributed by atoms with Gasteiger partial charge >= 0.3 is 0 Å². The number of rotatable bonds is 5. The Kier molecular flexibility index (Phi) is 5.91. The van der Waals surface area contributed by atoms with Crippen LogP contribution in [0.15, 0.2) is 78.9 Å². The Morgan fingerprint density at radius 1 is 0.800 bits per heavy atom. The molecule has 1 fully saturated rings. The largest absolute Gasteiger partial charge is 0.393 e. The number of anilines is 2. The molecule has 0 spiro atoms. The van der Waals surface area contributed by atoms with E-state index >= 15 is 0 Å². The maximum atomic E-state index is 12.7. The van der Waals surface area contributed by atoms with E-state index in [9.17, 15) is 14.7 Å². The van der Waals surface area contributed by atoms with Gasteiger partial charge in [-0.1, -0.05) is 42.5 Å². The SMILES string of the molecule is O=C(Nc1cccc(C(=O)c2ccccc2)c1)c1ccc(N2CCC(O)CC2)cc1. The van der Waals surface area contributed by atoms with Gasteiger partial charge in [-0.25, -0.2) is 0 Å². The number of carbonyl (C=O) groups excluding carboxylic acids is 2. The van der Waals surface area contributed by atoms with E-state index in [2.05, 4.69) is 10.2 Å². The highest BCUT2D eigenvalue weighted by Gasteiger charge is 2.17. The van der Waals surface area contributed by atoms with Crippen LogP contribution in [0.3, 0.4) is 0 Å². The number of ketones is 1. The third kappa shape index (κ3) is 4.58. The van der Waals surface area contributed by atoms with Gasteiger partial charge in [-0.3, -0.25) is 9.59 Å². The Hall–Kier alpha value is -3.44. The van der Waals surface area contributed by atoms with Crippen molar-refractivity contribution >= 4 is 23.1 Å². The van der Waals surface area contributed by atoms with Crippen LogP contribution >= 0.6 is 0 Å². The number of hydrogen-bond donors (Lipinski definition) is 2. The molecular formula is C25H24N2O3. The summed E-state index contributed by atoms with van der Waals surface area (Å²) >= 11 is 0. The Labute approximate surface area is 176 Å². The summed E-state index contributed by atoms with van der Waals surface area (Å²) in [5, 5.41) is 12.5. The van der Waals surface area contributed by atoms with E-state index in [0.717, 1.165) is 31.6 Å². The summed E-state index contributed by atoms with van der Waals surface area (Å²) in [6.07, 6.45) is 1.32. The second-order valence-electron chi connectivity index (χ2n) is 7.50. The van der Waals surface area contributed by atoms with Gasteiger partial charge in [0.15, 0.2) is 5.78 Å². The molecule has 152 valence electrons. The van der Waals surface area contributed by atoms with Gasteiger partial charge < -0.3 is 15.3 Å². The van der Waals surface area contributed by atoms with Gasteiger partial charge in [-0.05, 0) is 49.2 Å². The quantitative estimate of drug-likeness (QED) is 0.632. The molecule has 3 aromatic rings. The summed E-state index contributed by atoms with van der Waals surface area (Å²) in [6.45, 7) is 1.63. The highest BCUT2D eigenvalue weighted by molar-refractivity contribution is 6.10. The fourth-order valence-corrected chi connectivity index (χ4v) is 3.65. The average molecular weight is 400 g/mol. The van der Waals surface area contributed by atoms with Crippen molar-refractivity contribution < 1.29 is 14.7 Å². The van der Waals surface area contributed by atoms with Crippen molar-refractivity contribution in [3.63, 3.8) is 0 Å². The summed E-state index contributed by atoms with van der Waals surface area (Å²) in [7, 11) is 0. The number of aliphatic hydroxyl groups is 1. The molecule has 0 atom stereocenters. The third-order valence-electron chi connectivity index (χ3n) is 5.38. The van der Waals surface area contributed by atoms with Crippen LogP contribution in [0.2, 0.25) is 0 Å². The average Bonchev–Trinajstić information content (AvgIpc) is 2.80. The van der Waals surface area contributed by atoms with Gasteiger partial charge in [0.05, 0.1) is 6.10 Å². The number of nitrogens with zero attached hydrogens (tertiary/aromatic N) is 1. The Bertz CT molecular complexity index is 1020. The molecule has 0 saturated carbocycles. The van der Waals surface area contributed by atoms with Gasteiger partial charge in [0, 0.05) is 41.2 Å². The number of hydrogen-bond acceptors (Lipinski definition) is 4. The van der Waals surface area contributed by atoms with Crippen molar-refractivity contribution in [2.45, 2.75) is 18.9 Å². The van der Waals surface area contributed by atoms with Crippen LogP contribution in [-0.2, 0) is 0 Å². The van der Waals surface area contributed by atoms with Gasteiger partial charge in [0.25, 0.3) is 5.91 Å². The number of nitrogens with one attached hydrogen (secondary N) is 1. The van der Waals surface area contributed by atoms with Crippen LogP contribution in [0, 0.1) is 0 Å². The van der Waals surface area contributed by atoms with Crippen LogP contribution in [0.4, 0.5) is 11.4 Å². The highest BCUT2D eigenvalue weighted by atomic mass is 16.3. The predicted molar refractivity (Wildman–Crippen MR) is 118 cm³/mol. The van der Waals surface area contributed by atoms with Crippen molar-refractivity contribution in [3.8, 4) is 0 Å². The first kappa shape index (κ1) is 19.9. The lowest BCUT2D eigenvalue weighted by Crippen LogP contribution is -2.35. The van der Waals surface area contributed by atoms with Gasteiger partial charge in [0.1, 0.15) is 0 Å². The molecular weight excluding hydrogens is 376 g/mol. The summed E-state index contributed by atoms with van der Waals surface area (Å²) in [4.78, 5) is 27.5. The minimum absolute atomic E-state index is 0.0808. The summed E-state index contributed by atoms with van der Waals surface area (Å²) < 4.78 is 0. The molecule has 30 heavy (non-hydrogen) atoms. The molecule has 1 amide bonds. The number of amides is 1. The fraction of sp³-hybridized carbons (Fsp3) is 0.200. The van der Waals surface area contributed by atoms with Crippen molar-refractivity contribution in [2.24, 2.45) is 0 Å². The second-order valence-corrected chi connectivity index (χ2v) is 7.50. The van der Waals surface area contributed by atoms with Gasteiger partial charge in [0.2, 0.25) is 0 Å². The molecule has 5 nitrogen and oxygen atoms in total. The van der Waals surface area contributed by atoms with E-state index < -0.39 is 0 Å². The molecule has 5 heteroatoms. The topological polar surface area (TPSA) is 69.6 Å². The van der Waals surface area contributed by atoms with E-state index in [4.69, 9.17) is 0 Å². The maximum Gasteiger partial charge on any atom is 0.255 e. The second kappa shape index (κ2) is 8.93. The van der Waals surface area contributed by atoms with Crippen molar-refractivity contribution in [3.05, 3.63) is 95.6 Å². The molecule has 1 saturated heterocycles. The normalized spacial score (nSPS) is 14.4. The lowest BCUT2D eigenvalue weighted by molar-refractivity contribution is 0.102. The predicted octanol–water partition coefficient (Wildman–Crippen LogP) is 4.13. The molecule has 0 aromatic heterocycles. The Balaban J connectivity index is 1.43. The van der Waals surface area contributed by atoms with Crippen LogP contribution in [-0.4, -0.2) is 36.0 Å². The summed E-state index contributed by atoms with van der Waals surface area (Å²) in [5.74, 6) is -0.303. The molecule has 0 aliphatic carbocycles. The van der Waals surface area contributed by atoms with E-state index in [1.807, 2.05) is 30.3 Å². The molecule has 2 N–H and O–H groups in total. The minimum Gasteiger partial charge on any atom is -0.393 e. The van der Waals surface area contributed by atoms with Crippen LogP contribution in [0.1, 0.15) is 39.1 Å².